The van der Waals surface area contributed by atoms with Crippen LogP contribution in [0.4, 0.5) is 0 Å². The van der Waals surface area contributed by atoms with Crippen molar-refractivity contribution in [3.05, 3.63) is 11.1 Å². The number of terminal acetylenes is 1. The van der Waals surface area contributed by atoms with E-state index in [2.05, 4.69) is 31.6 Å². The first-order valence-corrected chi connectivity index (χ1v) is 5.88. The van der Waals surface area contributed by atoms with E-state index in [1.807, 2.05) is 0 Å². The normalized spacial score (nSPS) is 12.2. The Morgan fingerprint density at radius 2 is 1.62 bits per heavy atom. The lowest BCUT2D eigenvalue weighted by molar-refractivity contribution is 0.143. The fourth-order valence-electron chi connectivity index (χ4n) is 1.33. The molecule has 0 heterocycles. The highest BCUT2D eigenvalue weighted by Crippen LogP contribution is 2.15. The first-order chi connectivity index (χ1) is 7.44. The maximum atomic E-state index is 9.57. The molecule has 0 radical (unpaired) electrons. The molecule has 0 aliphatic carbocycles. The third-order valence-electron chi connectivity index (χ3n) is 2.06. The van der Waals surface area contributed by atoms with E-state index in [1.165, 1.54) is 0 Å². The van der Waals surface area contributed by atoms with Crippen molar-refractivity contribution in [2.75, 3.05) is 0 Å². The summed E-state index contributed by atoms with van der Waals surface area (Å²) in [5.41, 5.74) is 1.04. The minimum atomic E-state index is -0.953. The summed E-state index contributed by atoms with van der Waals surface area (Å²) in [6.07, 6.45) is 9.32. The second-order valence-electron chi connectivity index (χ2n) is 4.41. The van der Waals surface area contributed by atoms with Gasteiger partial charge in [-0.3, -0.25) is 0 Å². The Balaban J connectivity index is 5.11. The van der Waals surface area contributed by atoms with Gasteiger partial charge in [0.1, 0.15) is 5.60 Å². The molecule has 0 atom stereocenters. The van der Waals surface area contributed by atoms with E-state index in [0.29, 0.717) is 0 Å². The first-order valence-electron chi connectivity index (χ1n) is 5.88. The van der Waals surface area contributed by atoms with Gasteiger partial charge in [-0.05, 0) is 26.7 Å². The zero-order valence-corrected chi connectivity index (χ0v) is 10.9. The molecule has 0 amide bonds. The molecule has 0 fully saturated rings. The van der Waals surface area contributed by atoms with E-state index in [0.717, 1.165) is 36.8 Å². The average Bonchev–Trinajstić information content (AvgIpc) is 2.20. The fraction of sp³-hybridized carbons (Fsp3) is 0.600. The Morgan fingerprint density at radius 3 is 2.00 bits per heavy atom. The largest absolute Gasteiger partial charge is 0.378 e. The molecule has 0 aromatic heterocycles. The molecule has 88 valence electrons. The maximum Gasteiger partial charge on any atom is 0.120 e. The van der Waals surface area contributed by atoms with Gasteiger partial charge >= 0.3 is 0 Å². The average molecular weight is 218 g/mol. The van der Waals surface area contributed by atoms with Gasteiger partial charge in [0.2, 0.25) is 0 Å². The Labute approximate surface area is 100.0 Å². The van der Waals surface area contributed by atoms with E-state index in [1.54, 1.807) is 13.8 Å². The van der Waals surface area contributed by atoms with Crippen molar-refractivity contribution in [1.82, 2.24) is 0 Å². The smallest absolute Gasteiger partial charge is 0.120 e. The van der Waals surface area contributed by atoms with Crippen LogP contribution in [0.2, 0.25) is 0 Å². The van der Waals surface area contributed by atoms with Gasteiger partial charge in [0.05, 0.1) is 0 Å². The van der Waals surface area contributed by atoms with Crippen LogP contribution in [0.15, 0.2) is 11.1 Å². The van der Waals surface area contributed by atoms with Crippen LogP contribution in [0.1, 0.15) is 53.4 Å². The van der Waals surface area contributed by atoms with Crippen LogP contribution < -0.4 is 0 Å². The van der Waals surface area contributed by atoms with Crippen LogP contribution in [0, 0.1) is 24.2 Å². The highest BCUT2D eigenvalue weighted by molar-refractivity contribution is 5.42. The molecule has 0 unspecified atom stereocenters. The zero-order chi connectivity index (χ0) is 12.6. The third kappa shape index (κ3) is 6.33. The minimum absolute atomic E-state index is 0.891. The van der Waals surface area contributed by atoms with Crippen molar-refractivity contribution in [3.8, 4) is 24.2 Å². The second-order valence-corrected chi connectivity index (χ2v) is 4.41. The molecule has 0 aliphatic heterocycles. The summed E-state index contributed by atoms with van der Waals surface area (Å²) in [6, 6.07) is 0. The quantitative estimate of drug-likeness (QED) is 0.718. The summed E-state index contributed by atoms with van der Waals surface area (Å²) in [5, 5.41) is 9.57. The van der Waals surface area contributed by atoms with E-state index < -0.39 is 5.60 Å². The number of hydrogen-bond donors (Lipinski definition) is 1. The van der Waals surface area contributed by atoms with Crippen LogP contribution in [0.5, 0.6) is 0 Å². The SMILES string of the molecule is C#C/C(CCC)=C(/C#CC(C)(C)O)CCC. The fourth-order valence-corrected chi connectivity index (χ4v) is 1.33. The topological polar surface area (TPSA) is 20.2 Å². The van der Waals surface area contributed by atoms with Gasteiger partial charge in [0.15, 0.2) is 0 Å². The molecule has 0 aromatic rings. The van der Waals surface area contributed by atoms with Crippen molar-refractivity contribution in [1.29, 1.82) is 0 Å². The van der Waals surface area contributed by atoms with E-state index in [4.69, 9.17) is 6.42 Å². The van der Waals surface area contributed by atoms with E-state index in [-0.39, 0.29) is 0 Å². The van der Waals surface area contributed by atoms with Gasteiger partial charge in [0.25, 0.3) is 0 Å². The zero-order valence-electron chi connectivity index (χ0n) is 10.9. The molecule has 0 saturated heterocycles. The summed E-state index contributed by atoms with van der Waals surface area (Å²) < 4.78 is 0. The van der Waals surface area contributed by atoms with Crippen molar-refractivity contribution < 1.29 is 5.11 Å². The van der Waals surface area contributed by atoms with Gasteiger partial charge in [-0.15, -0.1) is 6.42 Å². The molecular formula is C15H22O. The highest BCUT2D eigenvalue weighted by Gasteiger charge is 2.07. The molecule has 0 aliphatic rings. The lowest BCUT2D eigenvalue weighted by Crippen LogP contribution is -2.14. The molecule has 0 rings (SSSR count). The molecule has 1 heteroatoms. The predicted molar refractivity (Wildman–Crippen MR) is 69.7 cm³/mol. The highest BCUT2D eigenvalue weighted by atomic mass is 16.3. The predicted octanol–water partition coefficient (Wildman–Crippen LogP) is 3.29. The maximum absolute atomic E-state index is 9.57. The molecule has 16 heavy (non-hydrogen) atoms. The van der Waals surface area contributed by atoms with Crippen molar-refractivity contribution >= 4 is 0 Å². The summed E-state index contributed by atoms with van der Waals surface area (Å²) >= 11 is 0. The lowest BCUT2D eigenvalue weighted by Gasteiger charge is -2.08. The van der Waals surface area contributed by atoms with Crippen molar-refractivity contribution in [3.63, 3.8) is 0 Å². The van der Waals surface area contributed by atoms with Crippen LogP contribution in [0.25, 0.3) is 0 Å². The number of allylic oxidation sites excluding steroid dienone is 2. The molecular weight excluding hydrogens is 196 g/mol. The Hall–Kier alpha value is -1.18. The van der Waals surface area contributed by atoms with E-state index >= 15 is 0 Å². The number of aliphatic hydroxyl groups is 1. The minimum Gasteiger partial charge on any atom is -0.378 e. The Morgan fingerprint density at radius 1 is 1.12 bits per heavy atom. The van der Waals surface area contributed by atoms with Gasteiger partial charge < -0.3 is 5.11 Å². The molecule has 0 saturated carbocycles. The standard InChI is InChI=1S/C15H22O/c1-6-9-13(8-3)14(10-7-2)11-12-15(4,5)16/h3,16H,6-7,9-10H2,1-2,4-5H3/b14-13-. The summed E-state index contributed by atoms with van der Waals surface area (Å²) in [5.74, 6) is 8.59. The third-order valence-corrected chi connectivity index (χ3v) is 2.06. The van der Waals surface area contributed by atoms with Gasteiger partial charge in [-0.1, -0.05) is 44.5 Å². The van der Waals surface area contributed by atoms with Crippen LogP contribution >= 0.6 is 0 Å². The molecule has 1 nitrogen and oxygen atoms in total. The first kappa shape index (κ1) is 14.8. The van der Waals surface area contributed by atoms with Crippen LogP contribution in [0.3, 0.4) is 0 Å². The monoisotopic (exact) mass is 218 g/mol. The van der Waals surface area contributed by atoms with Crippen LogP contribution in [-0.4, -0.2) is 10.7 Å². The number of rotatable bonds is 4. The second kappa shape index (κ2) is 7.15. The van der Waals surface area contributed by atoms with Gasteiger partial charge in [-0.25, -0.2) is 0 Å². The van der Waals surface area contributed by atoms with Crippen LogP contribution in [-0.2, 0) is 0 Å². The number of hydrogen-bond acceptors (Lipinski definition) is 1. The van der Waals surface area contributed by atoms with Crippen molar-refractivity contribution in [2.24, 2.45) is 0 Å². The molecule has 0 bridgehead atoms. The summed E-state index contributed by atoms with van der Waals surface area (Å²) in [7, 11) is 0. The Bertz CT molecular complexity index is 336. The summed E-state index contributed by atoms with van der Waals surface area (Å²) in [4.78, 5) is 0. The molecule has 1 N–H and O–H groups in total. The van der Waals surface area contributed by atoms with Gasteiger partial charge in [0, 0.05) is 11.1 Å². The van der Waals surface area contributed by atoms with Crippen molar-refractivity contribution in [2.45, 2.75) is 59.0 Å². The molecule has 0 aromatic carbocycles. The Kier molecular flexibility index (Phi) is 6.63. The summed E-state index contributed by atoms with van der Waals surface area (Å²) in [6.45, 7) is 7.56. The van der Waals surface area contributed by atoms with E-state index in [9.17, 15) is 5.11 Å². The van der Waals surface area contributed by atoms with Gasteiger partial charge in [-0.2, -0.15) is 0 Å². The lowest BCUT2D eigenvalue weighted by atomic mass is 9.99. The molecule has 0 spiro atoms.